The first-order valence-corrected chi connectivity index (χ1v) is 9.06. The van der Waals surface area contributed by atoms with Gasteiger partial charge in [-0.3, -0.25) is 4.79 Å². The third-order valence-electron chi connectivity index (χ3n) is 4.73. The van der Waals surface area contributed by atoms with Crippen molar-refractivity contribution in [2.75, 3.05) is 11.9 Å². The zero-order valence-corrected chi connectivity index (χ0v) is 15.5. The Morgan fingerprint density at radius 1 is 1.33 bits per heavy atom. The van der Waals surface area contributed by atoms with E-state index >= 15 is 0 Å². The fraction of sp³-hybridized carbons (Fsp3) is 0.350. The normalized spacial score (nSPS) is 13.7. The molecule has 2 aromatic heterocycles. The van der Waals surface area contributed by atoms with Crippen LogP contribution in [0.4, 0.5) is 5.69 Å². The number of nitrogens with zero attached hydrogens (tertiary/aromatic N) is 1. The number of benzene rings is 1. The Morgan fingerprint density at radius 2 is 2.11 bits per heavy atom. The van der Waals surface area contributed by atoms with E-state index in [0.29, 0.717) is 39.7 Å². The van der Waals surface area contributed by atoms with Crippen molar-refractivity contribution in [1.82, 2.24) is 9.97 Å². The van der Waals surface area contributed by atoms with Crippen LogP contribution in [0.1, 0.15) is 63.7 Å². The Hall–Kier alpha value is -3.09. The van der Waals surface area contributed by atoms with Gasteiger partial charge in [-0.15, -0.1) is 0 Å². The van der Waals surface area contributed by atoms with Gasteiger partial charge in [-0.2, -0.15) is 0 Å². The molecule has 4 rings (SSSR count). The number of rotatable bonds is 5. The van der Waals surface area contributed by atoms with Crippen LogP contribution in [-0.4, -0.2) is 28.5 Å². The maximum Gasteiger partial charge on any atom is 0.340 e. The zero-order valence-electron chi connectivity index (χ0n) is 15.5. The SMILES string of the molecule is CCOC(=O)c1c(C)[nH]c(C(=O)Nc2ccc3oc(C4CC4)nc3c2)c1C. The van der Waals surface area contributed by atoms with Gasteiger partial charge >= 0.3 is 5.97 Å². The summed E-state index contributed by atoms with van der Waals surface area (Å²) in [5, 5.41) is 2.85. The minimum Gasteiger partial charge on any atom is -0.462 e. The summed E-state index contributed by atoms with van der Waals surface area (Å²) >= 11 is 0. The van der Waals surface area contributed by atoms with Gasteiger partial charge in [0.1, 0.15) is 11.2 Å². The fourth-order valence-corrected chi connectivity index (χ4v) is 3.21. The topological polar surface area (TPSA) is 97.2 Å². The molecule has 0 radical (unpaired) electrons. The summed E-state index contributed by atoms with van der Waals surface area (Å²) in [5.41, 5.74) is 3.98. The zero-order chi connectivity index (χ0) is 19.1. The summed E-state index contributed by atoms with van der Waals surface area (Å²) in [5.74, 6) is 0.445. The highest BCUT2D eigenvalue weighted by Crippen LogP contribution is 2.40. The third kappa shape index (κ3) is 3.20. The number of aromatic nitrogens is 2. The lowest BCUT2D eigenvalue weighted by atomic mass is 10.1. The number of fused-ring (bicyclic) bond motifs is 1. The van der Waals surface area contributed by atoms with Crippen LogP contribution in [0.5, 0.6) is 0 Å². The van der Waals surface area contributed by atoms with Gasteiger partial charge in [0.2, 0.25) is 0 Å². The van der Waals surface area contributed by atoms with E-state index in [2.05, 4.69) is 15.3 Å². The lowest BCUT2D eigenvalue weighted by Gasteiger charge is -2.05. The van der Waals surface area contributed by atoms with Crippen molar-refractivity contribution < 1.29 is 18.7 Å². The number of oxazole rings is 1. The number of esters is 1. The largest absolute Gasteiger partial charge is 0.462 e. The molecule has 0 unspecified atom stereocenters. The Morgan fingerprint density at radius 3 is 2.81 bits per heavy atom. The molecule has 2 heterocycles. The number of anilines is 1. The summed E-state index contributed by atoms with van der Waals surface area (Å²) in [6.07, 6.45) is 2.23. The van der Waals surface area contributed by atoms with Crippen molar-refractivity contribution in [3.05, 3.63) is 46.6 Å². The highest BCUT2D eigenvalue weighted by Gasteiger charge is 2.29. The molecule has 2 N–H and O–H groups in total. The Labute approximate surface area is 156 Å². The second-order valence-corrected chi connectivity index (χ2v) is 6.81. The standard InChI is InChI=1S/C20H21N3O4/c1-4-26-20(25)16-10(2)17(21-11(16)3)18(24)22-13-7-8-15-14(9-13)23-19(27-15)12-5-6-12/h7-9,12,21H,4-6H2,1-3H3,(H,22,24). The summed E-state index contributed by atoms with van der Waals surface area (Å²) in [7, 11) is 0. The van der Waals surface area contributed by atoms with Crippen LogP contribution in [0.2, 0.25) is 0 Å². The number of nitrogens with one attached hydrogen (secondary N) is 2. The Bertz CT molecular complexity index is 1040. The van der Waals surface area contributed by atoms with Crippen molar-refractivity contribution in [2.45, 2.75) is 39.5 Å². The molecule has 1 aromatic carbocycles. The van der Waals surface area contributed by atoms with Crippen LogP contribution in [0.25, 0.3) is 11.1 Å². The van der Waals surface area contributed by atoms with Gasteiger partial charge in [0.05, 0.1) is 12.2 Å². The molecule has 0 aliphatic heterocycles. The summed E-state index contributed by atoms with van der Waals surface area (Å²) in [6, 6.07) is 5.38. The van der Waals surface area contributed by atoms with E-state index in [9.17, 15) is 9.59 Å². The first-order valence-electron chi connectivity index (χ1n) is 9.06. The minimum absolute atomic E-state index is 0.283. The minimum atomic E-state index is -0.431. The van der Waals surface area contributed by atoms with Crippen LogP contribution in [-0.2, 0) is 4.74 Å². The number of ether oxygens (including phenoxy) is 1. The quantitative estimate of drug-likeness (QED) is 0.662. The van der Waals surface area contributed by atoms with Crippen LogP contribution in [0.15, 0.2) is 22.6 Å². The van der Waals surface area contributed by atoms with Crippen molar-refractivity contribution >= 4 is 28.7 Å². The smallest absolute Gasteiger partial charge is 0.340 e. The van der Waals surface area contributed by atoms with E-state index in [4.69, 9.17) is 9.15 Å². The number of H-pyrrole nitrogens is 1. The van der Waals surface area contributed by atoms with Crippen molar-refractivity contribution in [3.8, 4) is 0 Å². The Kier molecular flexibility index (Phi) is 4.22. The van der Waals surface area contributed by atoms with Crippen LogP contribution in [0.3, 0.4) is 0 Å². The predicted molar refractivity (Wildman–Crippen MR) is 100 cm³/mol. The number of aryl methyl sites for hydroxylation is 1. The maximum absolute atomic E-state index is 12.7. The maximum atomic E-state index is 12.7. The van der Waals surface area contributed by atoms with Gasteiger partial charge in [0, 0.05) is 17.3 Å². The fourth-order valence-electron chi connectivity index (χ4n) is 3.21. The summed E-state index contributed by atoms with van der Waals surface area (Å²) < 4.78 is 10.8. The molecule has 1 amide bonds. The molecule has 3 aromatic rings. The highest BCUT2D eigenvalue weighted by molar-refractivity contribution is 6.07. The molecule has 27 heavy (non-hydrogen) atoms. The number of aromatic amines is 1. The van der Waals surface area contributed by atoms with Gasteiger partial charge in [-0.25, -0.2) is 9.78 Å². The van der Waals surface area contributed by atoms with Crippen molar-refractivity contribution in [1.29, 1.82) is 0 Å². The molecule has 7 nitrogen and oxygen atoms in total. The number of amides is 1. The van der Waals surface area contributed by atoms with E-state index in [1.54, 1.807) is 39.0 Å². The second-order valence-electron chi connectivity index (χ2n) is 6.81. The lowest BCUT2D eigenvalue weighted by Crippen LogP contribution is -2.14. The number of hydrogen-bond acceptors (Lipinski definition) is 5. The molecule has 0 spiro atoms. The number of carbonyl (C=O) groups excluding carboxylic acids is 2. The van der Waals surface area contributed by atoms with Crippen LogP contribution in [0, 0.1) is 13.8 Å². The first kappa shape index (κ1) is 17.3. The molecule has 1 aliphatic carbocycles. The molecular formula is C20H21N3O4. The molecule has 0 saturated heterocycles. The van der Waals surface area contributed by atoms with Crippen LogP contribution < -0.4 is 5.32 Å². The van der Waals surface area contributed by atoms with E-state index in [1.807, 2.05) is 0 Å². The average Bonchev–Trinajstić information content (AvgIpc) is 3.32. The second kappa shape index (κ2) is 6.57. The molecule has 1 fully saturated rings. The van der Waals surface area contributed by atoms with Crippen molar-refractivity contribution in [3.63, 3.8) is 0 Å². The average molecular weight is 367 g/mol. The van der Waals surface area contributed by atoms with Crippen molar-refractivity contribution in [2.24, 2.45) is 0 Å². The van der Waals surface area contributed by atoms with E-state index in [0.717, 1.165) is 24.2 Å². The molecule has 0 bridgehead atoms. The number of hydrogen-bond donors (Lipinski definition) is 2. The molecule has 0 atom stereocenters. The number of carbonyl (C=O) groups is 2. The predicted octanol–water partition coefficient (Wildman–Crippen LogP) is 4.08. The van der Waals surface area contributed by atoms with Gasteiger partial charge in [-0.05, 0) is 57.4 Å². The van der Waals surface area contributed by atoms with Crippen LogP contribution >= 0.6 is 0 Å². The van der Waals surface area contributed by atoms with E-state index < -0.39 is 5.97 Å². The first-order chi connectivity index (χ1) is 13.0. The Balaban J connectivity index is 1.57. The molecule has 1 saturated carbocycles. The highest BCUT2D eigenvalue weighted by atomic mass is 16.5. The monoisotopic (exact) mass is 367 g/mol. The summed E-state index contributed by atoms with van der Waals surface area (Å²) in [6.45, 7) is 5.51. The van der Waals surface area contributed by atoms with Gasteiger partial charge in [0.25, 0.3) is 5.91 Å². The third-order valence-corrected chi connectivity index (χ3v) is 4.73. The van der Waals surface area contributed by atoms with Gasteiger partial charge < -0.3 is 19.5 Å². The molecular weight excluding hydrogens is 346 g/mol. The van der Waals surface area contributed by atoms with Gasteiger partial charge in [0.15, 0.2) is 11.5 Å². The molecule has 7 heteroatoms. The van der Waals surface area contributed by atoms with E-state index in [1.165, 1.54) is 0 Å². The van der Waals surface area contributed by atoms with Gasteiger partial charge in [-0.1, -0.05) is 0 Å². The molecule has 140 valence electrons. The molecule has 1 aliphatic rings. The van der Waals surface area contributed by atoms with E-state index in [-0.39, 0.29) is 12.5 Å². The summed E-state index contributed by atoms with van der Waals surface area (Å²) in [4.78, 5) is 32.3. The lowest BCUT2D eigenvalue weighted by molar-refractivity contribution is 0.0525.